The van der Waals surface area contributed by atoms with Crippen LogP contribution in [-0.2, 0) is 0 Å². The van der Waals surface area contributed by atoms with Crippen molar-refractivity contribution < 1.29 is 0 Å². The van der Waals surface area contributed by atoms with E-state index in [9.17, 15) is 0 Å². The van der Waals surface area contributed by atoms with E-state index in [1.165, 1.54) is 32.4 Å². The van der Waals surface area contributed by atoms with Gasteiger partial charge in [0.15, 0.2) is 0 Å². The van der Waals surface area contributed by atoms with Gasteiger partial charge in [0.05, 0.1) is 0 Å². The van der Waals surface area contributed by atoms with Gasteiger partial charge in [-0.1, -0.05) is 27.7 Å². The van der Waals surface area contributed by atoms with Gasteiger partial charge in [-0.15, -0.1) is 0 Å². The minimum absolute atomic E-state index is 0.573. The summed E-state index contributed by atoms with van der Waals surface area (Å²) in [5, 5.41) is 0. The minimum Gasteiger partial charge on any atom is -0.297 e. The molecule has 0 aromatic rings. The Bertz CT molecular complexity index is 138. The van der Waals surface area contributed by atoms with Crippen molar-refractivity contribution >= 4 is 0 Å². The van der Waals surface area contributed by atoms with Crippen LogP contribution in [0.2, 0.25) is 0 Å². The first-order valence-corrected chi connectivity index (χ1v) is 5.39. The van der Waals surface area contributed by atoms with Gasteiger partial charge in [-0.05, 0) is 24.7 Å². The van der Waals surface area contributed by atoms with Gasteiger partial charge in [-0.3, -0.25) is 4.90 Å². The van der Waals surface area contributed by atoms with Crippen LogP contribution in [0.3, 0.4) is 0 Å². The van der Waals surface area contributed by atoms with Crippen molar-refractivity contribution in [1.29, 1.82) is 0 Å². The molecule has 1 rings (SSSR count). The largest absolute Gasteiger partial charge is 0.297 e. The Hall–Kier alpha value is -0.0400. The quantitative estimate of drug-likeness (QED) is 0.572. The molecule has 72 valence electrons. The van der Waals surface area contributed by atoms with Crippen molar-refractivity contribution in [3.63, 3.8) is 0 Å². The van der Waals surface area contributed by atoms with Crippen LogP contribution in [0.5, 0.6) is 0 Å². The van der Waals surface area contributed by atoms with Crippen LogP contribution in [0.15, 0.2) is 0 Å². The summed E-state index contributed by atoms with van der Waals surface area (Å²) in [5.41, 5.74) is 0.573. The van der Waals surface area contributed by atoms with Crippen molar-refractivity contribution in [1.82, 2.24) is 4.90 Å². The van der Waals surface area contributed by atoms with E-state index in [0.717, 1.165) is 6.04 Å². The number of hydrogen-bond donors (Lipinski definition) is 0. The molecule has 1 heterocycles. The van der Waals surface area contributed by atoms with Crippen LogP contribution in [0, 0.1) is 5.41 Å². The molecule has 12 heavy (non-hydrogen) atoms. The van der Waals surface area contributed by atoms with Gasteiger partial charge in [0, 0.05) is 19.1 Å². The highest BCUT2D eigenvalue weighted by Gasteiger charge is 2.36. The first-order chi connectivity index (χ1) is 5.65. The zero-order valence-corrected chi connectivity index (χ0v) is 9.06. The molecular formula is C11H23N. The molecule has 0 aromatic carbocycles. The van der Waals surface area contributed by atoms with Crippen molar-refractivity contribution in [3.05, 3.63) is 0 Å². The third-order valence-electron chi connectivity index (χ3n) is 3.59. The normalized spacial score (nSPS) is 29.0. The summed E-state index contributed by atoms with van der Waals surface area (Å²) in [7, 11) is 0. The standard InChI is InChI=1S/C11H23N/c1-5-10-8-12(10)9-11(4,6-2)7-3/h10H,5-9H2,1-4H3. The third-order valence-corrected chi connectivity index (χ3v) is 3.59. The fraction of sp³-hybridized carbons (Fsp3) is 1.00. The molecule has 1 nitrogen and oxygen atoms in total. The molecule has 2 unspecified atom stereocenters. The first kappa shape index (κ1) is 10.0. The van der Waals surface area contributed by atoms with Crippen molar-refractivity contribution in [2.24, 2.45) is 5.41 Å². The van der Waals surface area contributed by atoms with Crippen LogP contribution < -0.4 is 0 Å². The predicted molar refractivity (Wildman–Crippen MR) is 54.3 cm³/mol. The summed E-state index contributed by atoms with van der Waals surface area (Å²) in [6.07, 6.45) is 3.97. The second kappa shape index (κ2) is 3.78. The van der Waals surface area contributed by atoms with Crippen LogP contribution in [0.4, 0.5) is 0 Å². The zero-order valence-electron chi connectivity index (χ0n) is 9.06. The number of rotatable bonds is 5. The lowest BCUT2D eigenvalue weighted by Gasteiger charge is -2.27. The second-order valence-corrected chi connectivity index (χ2v) is 4.51. The highest BCUT2D eigenvalue weighted by Crippen LogP contribution is 2.32. The molecule has 1 aliphatic heterocycles. The van der Waals surface area contributed by atoms with Gasteiger partial charge >= 0.3 is 0 Å². The summed E-state index contributed by atoms with van der Waals surface area (Å²) >= 11 is 0. The highest BCUT2D eigenvalue weighted by molar-refractivity contribution is 4.91. The summed E-state index contributed by atoms with van der Waals surface area (Å²) in [5.74, 6) is 0. The van der Waals surface area contributed by atoms with E-state index in [2.05, 4.69) is 32.6 Å². The summed E-state index contributed by atoms with van der Waals surface area (Å²) < 4.78 is 0. The van der Waals surface area contributed by atoms with E-state index in [0.29, 0.717) is 5.41 Å². The lowest BCUT2D eigenvalue weighted by Crippen LogP contribution is -2.25. The molecule has 2 atom stereocenters. The molecule has 0 bridgehead atoms. The van der Waals surface area contributed by atoms with Gasteiger partial charge in [0.25, 0.3) is 0 Å². The second-order valence-electron chi connectivity index (χ2n) is 4.51. The molecular weight excluding hydrogens is 146 g/mol. The average Bonchev–Trinajstić information content (AvgIpc) is 2.83. The van der Waals surface area contributed by atoms with Gasteiger partial charge in [0.1, 0.15) is 0 Å². The Morgan fingerprint density at radius 3 is 2.17 bits per heavy atom. The minimum atomic E-state index is 0.573. The Morgan fingerprint density at radius 2 is 1.83 bits per heavy atom. The average molecular weight is 169 g/mol. The molecule has 1 saturated heterocycles. The fourth-order valence-corrected chi connectivity index (χ4v) is 1.77. The summed E-state index contributed by atoms with van der Waals surface area (Å²) in [6, 6.07) is 0.919. The van der Waals surface area contributed by atoms with Crippen LogP contribution in [-0.4, -0.2) is 24.0 Å². The Labute approximate surface area is 77.1 Å². The molecule has 0 radical (unpaired) electrons. The van der Waals surface area contributed by atoms with Crippen molar-refractivity contribution in [3.8, 4) is 0 Å². The zero-order chi connectivity index (χ0) is 9.19. The van der Waals surface area contributed by atoms with E-state index in [1.54, 1.807) is 0 Å². The smallest absolute Gasteiger partial charge is 0.0221 e. The summed E-state index contributed by atoms with van der Waals surface area (Å²) in [6.45, 7) is 12.0. The van der Waals surface area contributed by atoms with Gasteiger partial charge in [0.2, 0.25) is 0 Å². The lowest BCUT2D eigenvalue weighted by molar-refractivity contribution is 0.233. The van der Waals surface area contributed by atoms with Crippen LogP contribution in [0.1, 0.15) is 47.0 Å². The summed E-state index contributed by atoms with van der Waals surface area (Å²) in [4.78, 5) is 2.62. The van der Waals surface area contributed by atoms with E-state index in [4.69, 9.17) is 0 Å². The first-order valence-electron chi connectivity index (χ1n) is 5.39. The molecule has 0 amide bonds. The monoisotopic (exact) mass is 169 g/mol. The molecule has 0 aromatic heterocycles. The van der Waals surface area contributed by atoms with Gasteiger partial charge in [-0.25, -0.2) is 0 Å². The van der Waals surface area contributed by atoms with Crippen LogP contribution in [0.25, 0.3) is 0 Å². The Balaban J connectivity index is 2.30. The maximum absolute atomic E-state index is 2.62. The maximum Gasteiger partial charge on any atom is 0.0221 e. The predicted octanol–water partition coefficient (Wildman–Crippen LogP) is 2.91. The fourth-order valence-electron chi connectivity index (χ4n) is 1.77. The van der Waals surface area contributed by atoms with E-state index < -0.39 is 0 Å². The van der Waals surface area contributed by atoms with E-state index in [-0.39, 0.29) is 0 Å². The maximum atomic E-state index is 2.62. The SMILES string of the molecule is CCC1CN1CC(C)(CC)CC. The molecule has 1 heteroatoms. The molecule has 0 N–H and O–H groups in total. The molecule has 0 saturated carbocycles. The number of hydrogen-bond acceptors (Lipinski definition) is 1. The van der Waals surface area contributed by atoms with Gasteiger partial charge in [-0.2, -0.15) is 0 Å². The number of nitrogens with zero attached hydrogens (tertiary/aromatic N) is 1. The van der Waals surface area contributed by atoms with E-state index >= 15 is 0 Å². The highest BCUT2D eigenvalue weighted by atomic mass is 15.3. The molecule has 0 aliphatic carbocycles. The van der Waals surface area contributed by atoms with Gasteiger partial charge < -0.3 is 0 Å². The van der Waals surface area contributed by atoms with E-state index in [1.807, 2.05) is 0 Å². The molecule has 0 spiro atoms. The Kier molecular flexibility index (Phi) is 3.16. The van der Waals surface area contributed by atoms with Crippen molar-refractivity contribution in [2.45, 2.75) is 53.0 Å². The van der Waals surface area contributed by atoms with Crippen molar-refractivity contribution in [2.75, 3.05) is 13.1 Å². The molecule has 1 aliphatic rings. The third kappa shape index (κ3) is 2.22. The lowest BCUT2D eigenvalue weighted by atomic mass is 9.85. The van der Waals surface area contributed by atoms with Crippen LogP contribution >= 0.6 is 0 Å². The Morgan fingerprint density at radius 1 is 1.25 bits per heavy atom. The molecule has 1 fully saturated rings. The topological polar surface area (TPSA) is 3.01 Å².